The molecule has 414 valence electrons. The van der Waals surface area contributed by atoms with Gasteiger partial charge in [-0.3, -0.25) is 0 Å². The first-order chi connectivity index (χ1) is 39.0. The van der Waals surface area contributed by atoms with Gasteiger partial charge in [-0.2, -0.15) is 0 Å². The molecule has 1 unspecified atom stereocenters. The molecule has 15 rings (SSSR count). The summed E-state index contributed by atoms with van der Waals surface area (Å²) in [6.45, 7) is 37.3. The molecule has 82 heavy (non-hydrogen) atoms. The Hall–Kier alpha value is -7.02. The molecule has 0 heterocycles. The van der Waals surface area contributed by atoms with Crippen LogP contribution in [-0.2, 0) is 21.7 Å². The summed E-state index contributed by atoms with van der Waals surface area (Å²) in [7, 11) is 0. The maximum Gasteiger partial charge on any atom is 0.0159 e. The third-order valence-corrected chi connectivity index (χ3v) is 21.4. The molecule has 0 heteroatoms. The number of benzene rings is 9. The highest BCUT2D eigenvalue weighted by molar-refractivity contribution is 5.99. The van der Waals surface area contributed by atoms with Crippen molar-refractivity contribution >= 4 is 0 Å². The van der Waals surface area contributed by atoms with Crippen molar-refractivity contribution in [2.45, 2.75) is 182 Å². The largest absolute Gasteiger partial charge is 0.0648 e. The Morgan fingerprint density at radius 2 is 0.732 bits per heavy atom. The highest BCUT2D eigenvalue weighted by Crippen LogP contribution is 2.61. The number of hydrogen-bond donors (Lipinski definition) is 0. The monoisotopic (exact) mass is 1070 g/mol. The van der Waals surface area contributed by atoms with Crippen LogP contribution in [0.15, 0.2) is 152 Å². The van der Waals surface area contributed by atoms with E-state index >= 15 is 0 Å². The van der Waals surface area contributed by atoms with Crippen LogP contribution in [0.4, 0.5) is 0 Å². The molecule has 0 aromatic heterocycles. The van der Waals surface area contributed by atoms with E-state index in [1.54, 1.807) is 11.1 Å². The molecule has 2 fully saturated rings. The minimum absolute atomic E-state index is 0.00796. The van der Waals surface area contributed by atoms with Crippen LogP contribution in [0.2, 0.25) is 0 Å². The Labute approximate surface area is 492 Å². The molecule has 0 N–H and O–H groups in total. The number of rotatable bonds is 6. The first kappa shape index (κ1) is 54.2. The normalized spacial score (nSPS) is 17.4. The fraction of sp³-hybridized carbons (Fsp3) is 0.341. The van der Waals surface area contributed by atoms with E-state index in [2.05, 4.69) is 262 Å². The van der Waals surface area contributed by atoms with Gasteiger partial charge in [-0.25, -0.2) is 0 Å². The molecule has 9 aromatic rings. The van der Waals surface area contributed by atoms with Gasteiger partial charge in [-0.1, -0.05) is 202 Å². The van der Waals surface area contributed by atoms with Gasteiger partial charge >= 0.3 is 0 Å². The van der Waals surface area contributed by atoms with Gasteiger partial charge in [-0.15, -0.1) is 0 Å². The molecule has 0 bridgehead atoms. The van der Waals surface area contributed by atoms with Crippen LogP contribution in [-0.4, -0.2) is 0 Å². The van der Waals surface area contributed by atoms with E-state index in [1.807, 2.05) is 0 Å². The highest BCUT2D eigenvalue weighted by atomic mass is 14.5. The van der Waals surface area contributed by atoms with Crippen LogP contribution < -0.4 is 0 Å². The molecule has 6 aliphatic rings. The number of hydrogen-bond acceptors (Lipinski definition) is 0. The Kier molecular flexibility index (Phi) is 12.7. The lowest BCUT2D eigenvalue weighted by Crippen LogP contribution is -2.17. The smallest absolute Gasteiger partial charge is 0.0159 e. The van der Waals surface area contributed by atoms with Gasteiger partial charge in [0.05, 0.1) is 0 Å². The maximum atomic E-state index is 2.59. The van der Waals surface area contributed by atoms with Crippen molar-refractivity contribution in [3.63, 3.8) is 0 Å². The lowest BCUT2D eigenvalue weighted by atomic mass is 9.79. The fourth-order valence-electron chi connectivity index (χ4n) is 15.5. The predicted molar refractivity (Wildman–Crippen MR) is 352 cm³/mol. The lowest BCUT2D eigenvalue weighted by Gasteiger charge is -2.24. The predicted octanol–water partition coefficient (Wildman–Crippen LogP) is 22.7. The Morgan fingerprint density at radius 3 is 1.17 bits per heavy atom. The molecule has 0 aliphatic heterocycles. The van der Waals surface area contributed by atoms with Crippen LogP contribution >= 0.6 is 0 Å². The van der Waals surface area contributed by atoms with Crippen molar-refractivity contribution in [3.05, 3.63) is 246 Å². The molecule has 9 aromatic carbocycles. The summed E-state index contributed by atoms with van der Waals surface area (Å²) in [6.07, 6.45) is 6.48. The molecular weight excluding hydrogens is 985 g/mol. The van der Waals surface area contributed by atoms with Gasteiger partial charge in [0.1, 0.15) is 0 Å². The minimum Gasteiger partial charge on any atom is -0.0648 e. The van der Waals surface area contributed by atoms with E-state index < -0.39 is 0 Å². The Bertz CT molecular complexity index is 4090. The van der Waals surface area contributed by atoms with Gasteiger partial charge in [0.25, 0.3) is 0 Å². The Balaban J connectivity index is 0.000000134. The molecule has 2 saturated carbocycles. The van der Waals surface area contributed by atoms with Crippen molar-refractivity contribution in [1.29, 1.82) is 0 Å². The van der Waals surface area contributed by atoms with Gasteiger partial charge in [0.2, 0.25) is 0 Å². The lowest BCUT2D eigenvalue weighted by molar-refractivity contribution is 0.649. The third kappa shape index (κ3) is 8.34. The molecule has 0 spiro atoms. The van der Waals surface area contributed by atoms with Crippen LogP contribution in [0, 0.1) is 41.5 Å². The average Bonchev–Trinajstić information content (AvgIpc) is 2.94. The summed E-state index contributed by atoms with van der Waals surface area (Å²) in [4.78, 5) is 0. The van der Waals surface area contributed by atoms with Gasteiger partial charge in [-0.05, 0) is 271 Å². The summed E-state index contributed by atoms with van der Waals surface area (Å²) >= 11 is 0. The molecule has 0 nitrogen and oxygen atoms in total. The van der Waals surface area contributed by atoms with Crippen molar-refractivity contribution < 1.29 is 0 Å². The van der Waals surface area contributed by atoms with Crippen LogP contribution in [0.1, 0.15) is 214 Å². The van der Waals surface area contributed by atoms with Crippen LogP contribution in [0.3, 0.4) is 0 Å². The molecule has 6 aliphatic carbocycles. The molecule has 0 radical (unpaired) electrons. The quantitative estimate of drug-likeness (QED) is 0.156. The number of fused-ring (bicyclic) bond motifs is 12. The fourth-order valence-corrected chi connectivity index (χ4v) is 15.5. The summed E-state index contributed by atoms with van der Waals surface area (Å²) in [5.74, 6) is 2.04. The van der Waals surface area contributed by atoms with E-state index in [4.69, 9.17) is 0 Å². The molecule has 0 saturated heterocycles. The summed E-state index contributed by atoms with van der Waals surface area (Å²) in [5, 5.41) is 0. The first-order valence-electron chi connectivity index (χ1n) is 31.2. The maximum absolute atomic E-state index is 2.59. The van der Waals surface area contributed by atoms with Gasteiger partial charge in [0.15, 0.2) is 0 Å². The van der Waals surface area contributed by atoms with Crippen molar-refractivity contribution in [2.24, 2.45) is 0 Å². The molecule has 1 atom stereocenters. The van der Waals surface area contributed by atoms with E-state index in [9.17, 15) is 0 Å². The van der Waals surface area contributed by atoms with Crippen molar-refractivity contribution in [3.8, 4) is 66.8 Å². The van der Waals surface area contributed by atoms with E-state index in [-0.39, 0.29) is 21.7 Å². The molecule has 0 amide bonds. The Morgan fingerprint density at radius 1 is 0.341 bits per heavy atom. The highest BCUT2D eigenvalue weighted by Gasteiger charge is 2.45. The zero-order chi connectivity index (χ0) is 57.7. The zero-order valence-corrected chi connectivity index (χ0v) is 52.2. The van der Waals surface area contributed by atoms with Crippen LogP contribution in [0.5, 0.6) is 0 Å². The van der Waals surface area contributed by atoms with Crippen LogP contribution in [0.25, 0.3) is 66.8 Å². The minimum atomic E-state index is -0.0275. The summed E-state index contributed by atoms with van der Waals surface area (Å²) < 4.78 is 0. The number of aryl methyl sites for hydroxylation is 5. The summed E-state index contributed by atoms with van der Waals surface area (Å²) in [6, 6.07) is 58.9. The topological polar surface area (TPSA) is 0 Å². The van der Waals surface area contributed by atoms with Crippen molar-refractivity contribution in [1.82, 2.24) is 0 Å². The zero-order valence-electron chi connectivity index (χ0n) is 52.2. The first-order valence-corrected chi connectivity index (χ1v) is 31.2. The van der Waals surface area contributed by atoms with Crippen molar-refractivity contribution in [2.75, 3.05) is 0 Å². The second-order valence-corrected chi connectivity index (χ2v) is 28.2. The van der Waals surface area contributed by atoms with E-state index in [0.29, 0.717) is 5.92 Å². The van der Waals surface area contributed by atoms with Gasteiger partial charge < -0.3 is 0 Å². The SMILES string of the molecule is CCC(C)c1ccc2c(c1)C(C)(C)c1cc3c(cc1-2)C(C)(C)c1ccc(C)c(-c2ccccc2C2CC2)c1-3.Cc1ccc2c(c1)C(C)(C)c1cc3c(cc1-2)C(C)(C)c1ccc(C)c(-c2ccccc2C2CC2)c1-3.Cc1cccc(C)c1C. The second kappa shape index (κ2) is 19.3. The van der Waals surface area contributed by atoms with Gasteiger partial charge in [0, 0.05) is 21.7 Å². The average molecular weight is 1070 g/mol. The summed E-state index contributed by atoms with van der Waals surface area (Å²) in [5.41, 5.74) is 42.1. The molecular formula is C82H86. The van der Waals surface area contributed by atoms with E-state index in [1.165, 1.54) is 182 Å². The van der Waals surface area contributed by atoms with E-state index in [0.717, 1.165) is 11.8 Å². The standard InChI is InChI=1S/C38H40.C35H34.C9H12/c1-8-22(2)25-16-17-27-29-20-34-30(21-33(29)38(6,7)32(27)19-25)36-31(37(34,4)5)18-13-23(3)35(36)28-12-10-9-11-26(28)24-14-15-24;1-20-11-15-24-26-18-31-27(19-30(26)35(5,6)29(24)17-20)33-28(34(31,3)4)16-12-21(2)32(33)25-10-8-7-9-23(25)22-13-14-22;1-7-5-4-6-8(2)9(7)3/h9-13,16-22,24H,8,14-15H2,1-7H3;7-12,15-19,22H,13-14H2,1-6H3;4-6H,1-3H3. The second-order valence-electron chi connectivity index (χ2n) is 28.2. The third-order valence-electron chi connectivity index (χ3n) is 21.4.